The second kappa shape index (κ2) is 6.95. The molecule has 0 spiro atoms. The molecule has 0 unspecified atom stereocenters. The van der Waals surface area contributed by atoms with E-state index in [1.165, 1.54) is 0 Å². The van der Waals surface area contributed by atoms with E-state index >= 15 is 0 Å². The minimum Gasteiger partial charge on any atom is -0.493 e. The number of benzene rings is 2. The van der Waals surface area contributed by atoms with Crippen LogP contribution in [0.15, 0.2) is 48.8 Å². The predicted octanol–water partition coefficient (Wildman–Crippen LogP) is 3.81. The average Bonchev–Trinajstić information content (AvgIpc) is 2.55. The smallest absolute Gasteiger partial charge is 0.162 e. The Labute approximate surface area is 134 Å². The zero-order chi connectivity index (χ0) is 14.7. The van der Waals surface area contributed by atoms with Crippen molar-refractivity contribution in [2.24, 2.45) is 0 Å². The maximum Gasteiger partial charge on any atom is 0.162 e. The highest BCUT2D eigenvalue weighted by Gasteiger charge is 2.07. The van der Waals surface area contributed by atoms with Gasteiger partial charge in [-0.2, -0.15) is 0 Å². The minimum atomic E-state index is 0. The molecule has 2 aromatic carbocycles. The van der Waals surface area contributed by atoms with Crippen molar-refractivity contribution in [3.63, 3.8) is 0 Å². The lowest BCUT2D eigenvalue weighted by atomic mass is 10.2. The average molecular weight is 318 g/mol. The second-order valence-corrected chi connectivity index (χ2v) is 4.43. The Morgan fingerprint density at radius 3 is 2.45 bits per heavy atom. The van der Waals surface area contributed by atoms with Gasteiger partial charge in [-0.05, 0) is 24.3 Å². The molecule has 0 atom stereocenters. The molecule has 0 amide bonds. The van der Waals surface area contributed by atoms with Crippen molar-refractivity contribution in [3.8, 4) is 11.5 Å². The molecule has 3 rings (SSSR count). The lowest BCUT2D eigenvalue weighted by Gasteiger charge is -2.11. The molecule has 1 aromatic heterocycles. The standard InChI is InChI=1S/C16H15N3O2.ClH/c1-20-14-8-7-11(9-15(14)21-2)19-16-12-5-3-4-6-13(12)17-10-18-16;/h3-10H,1-2H3,(H,17,18,19);1H. The highest BCUT2D eigenvalue weighted by atomic mass is 35.5. The van der Waals surface area contributed by atoms with Gasteiger partial charge >= 0.3 is 0 Å². The number of methoxy groups -OCH3 is 2. The molecule has 0 saturated carbocycles. The SMILES string of the molecule is COc1ccc(Nc2ncnc3ccccc23)cc1OC.Cl. The van der Waals surface area contributed by atoms with Gasteiger partial charge in [-0.1, -0.05) is 12.1 Å². The summed E-state index contributed by atoms with van der Waals surface area (Å²) in [6.07, 6.45) is 1.55. The molecular weight excluding hydrogens is 302 g/mol. The number of aromatic nitrogens is 2. The van der Waals surface area contributed by atoms with Gasteiger partial charge in [-0.15, -0.1) is 12.4 Å². The van der Waals surface area contributed by atoms with Gasteiger partial charge in [-0.3, -0.25) is 0 Å². The van der Waals surface area contributed by atoms with Crippen molar-refractivity contribution in [1.29, 1.82) is 0 Å². The number of fused-ring (bicyclic) bond motifs is 1. The Morgan fingerprint density at radius 2 is 1.68 bits per heavy atom. The first-order chi connectivity index (χ1) is 10.3. The first-order valence-corrected chi connectivity index (χ1v) is 6.50. The third kappa shape index (κ3) is 3.04. The molecule has 0 bridgehead atoms. The van der Waals surface area contributed by atoms with Crippen LogP contribution in [0.1, 0.15) is 0 Å². The predicted molar refractivity (Wildman–Crippen MR) is 89.6 cm³/mol. The largest absolute Gasteiger partial charge is 0.493 e. The summed E-state index contributed by atoms with van der Waals surface area (Å²) in [6.45, 7) is 0. The van der Waals surface area contributed by atoms with Crippen molar-refractivity contribution in [2.75, 3.05) is 19.5 Å². The monoisotopic (exact) mass is 317 g/mol. The van der Waals surface area contributed by atoms with Crippen molar-refractivity contribution < 1.29 is 9.47 Å². The third-order valence-electron chi connectivity index (χ3n) is 3.19. The lowest BCUT2D eigenvalue weighted by molar-refractivity contribution is 0.355. The topological polar surface area (TPSA) is 56.3 Å². The lowest BCUT2D eigenvalue weighted by Crippen LogP contribution is -1.97. The van der Waals surface area contributed by atoms with Crippen molar-refractivity contribution in [1.82, 2.24) is 9.97 Å². The van der Waals surface area contributed by atoms with Gasteiger partial charge < -0.3 is 14.8 Å². The fourth-order valence-electron chi connectivity index (χ4n) is 2.16. The number of para-hydroxylation sites is 1. The molecule has 0 aliphatic carbocycles. The molecule has 0 aliphatic heterocycles. The van der Waals surface area contributed by atoms with Crippen molar-refractivity contribution in [2.45, 2.75) is 0 Å². The summed E-state index contributed by atoms with van der Waals surface area (Å²) in [4.78, 5) is 8.55. The number of ether oxygens (including phenoxy) is 2. The van der Waals surface area contributed by atoms with Gasteiger partial charge in [0.2, 0.25) is 0 Å². The highest BCUT2D eigenvalue weighted by Crippen LogP contribution is 2.31. The van der Waals surface area contributed by atoms with Crippen LogP contribution in [0.2, 0.25) is 0 Å². The summed E-state index contributed by atoms with van der Waals surface area (Å²) in [6, 6.07) is 13.5. The maximum atomic E-state index is 5.30. The minimum absolute atomic E-state index is 0. The van der Waals surface area contributed by atoms with E-state index in [-0.39, 0.29) is 12.4 Å². The van der Waals surface area contributed by atoms with Crippen LogP contribution in [0.5, 0.6) is 11.5 Å². The van der Waals surface area contributed by atoms with E-state index in [4.69, 9.17) is 9.47 Å². The van der Waals surface area contributed by atoms with Gasteiger partial charge in [0.15, 0.2) is 11.5 Å². The third-order valence-corrected chi connectivity index (χ3v) is 3.19. The number of anilines is 2. The Morgan fingerprint density at radius 1 is 0.909 bits per heavy atom. The van der Waals surface area contributed by atoms with Gasteiger partial charge in [0.1, 0.15) is 12.1 Å². The molecule has 3 aromatic rings. The van der Waals surface area contributed by atoms with Crippen LogP contribution in [0, 0.1) is 0 Å². The van der Waals surface area contributed by atoms with Crippen LogP contribution < -0.4 is 14.8 Å². The van der Waals surface area contributed by atoms with Gasteiger partial charge in [0.25, 0.3) is 0 Å². The molecule has 1 N–H and O–H groups in total. The maximum absolute atomic E-state index is 5.30. The summed E-state index contributed by atoms with van der Waals surface area (Å²) < 4.78 is 10.5. The fourth-order valence-corrected chi connectivity index (χ4v) is 2.16. The second-order valence-electron chi connectivity index (χ2n) is 4.43. The molecular formula is C16H16ClN3O2. The van der Waals surface area contributed by atoms with E-state index in [9.17, 15) is 0 Å². The van der Waals surface area contributed by atoms with Crippen LogP contribution in [-0.4, -0.2) is 24.2 Å². The quantitative estimate of drug-likeness (QED) is 0.793. The number of halogens is 1. The van der Waals surface area contributed by atoms with E-state index in [1.807, 2.05) is 42.5 Å². The molecule has 6 heteroatoms. The summed E-state index contributed by atoms with van der Waals surface area (Å²) in [5.74, 6) is 2.12. The molecule has 22 heavy (non-hydrogen) atoms. The number of nitrogens with one attached hydrogen (secondary N) is 1. The first kappa shape index (κ1) is 15.9. The van der Waals surface area contributed by atoms with Crippen LogP contribution >= 0.6 is 12.4 Å². The van der Waals surface area contributed by atoms with Crippen LogP contribution in [-0.2, 0) is 0 Å². The summed E-state index contributed by atoms with van der Waals surface area (Å²) in [7, 11) is 3.23. The Bertz CT molecular complexity index is 775. The summed E-state index contributed by atoms with van der Waals surface area (Å²) in [5.41, 5.74) is 1.77. The molecule has 0 aliphatic rings. The zero-order valence-corrected chi connectivity index (χ0v) is 13.1. The van der Waals surface area contributed by atoms with E-state index in [1.54, 1.807) is 20.5 Å². The molecule has 5 nitrogen and oxygen atoms in total. The number of rotatable bonds is 4. The van der Waals surface area contributed by atoms with Crippen molar-refractivity contribution >= 4 is 34.8 Å². The van der Waals surface area contributed by atoms with Crippen LogP contribution in [0.25, 0.3) is 10.9 Å². The first-order valence-electron chi connectivity index (χ1n) is 6.50. The molecule has 0 radical (unpaired) electrons. The van der Waals surface area contributed by atoms with E-state index in [0.717, 1.165) is 22.4 Å². The van der Waals surface area contributed by atoms with Gasteiger partial charge in [0.05, 0.1) is 19.7 Å². The van der Waals surface area contributed by atoms with E-state index < -0.39 is 0 Å². The molecule has 1 heterocycles. The summed E-state index contributed by atoms with van der Waals surface area (Å²) >= 11 is 0. The summed E-state index contributed by atoms with van der Waals surface area (Å²) in [5, 5.41) is 4.25. The number of nitrogens with zero attached hydrogens (tertiary/aromatic N) is 2. The normalized spacial score (nSPS) is 9.91. The number of hydrogen-bond donors (Lipinski definition) is 1. The fraction of sp³-hybridized carbons (Fsp3) is 0.125. The van der Waals surface area contributed by atoms with Gasteiger partial charge in [0, 0.05) is 17.1 Å². The van der Waals surface area contributed by atoms with Gasteiger partial charge in [-0.25, -0.2) is 9.97 Å². The molecule has 114 valence electrons. The van der Waals surface area contributed by atoms with E-state index in [2.05, 4.69) is 15.3 Å². The molecule has 0 saturated heterocycles. The Kier molecular flexibility index (Phi) is 5.01. The Hall–Kier alpha value is -2.53. The Balaban J connectivity index is 0.00000176. The zero-order valence-electron chi connectivity index (χ0n) is 12.2. The van der Waals surface area contributed by atoms with Crippen molar-refractivity contribution in [3.05, 3.63) is 48.8 Å². The molecule has 0 fully saturated rings. The number of hydrogen-bond acceptors (Lipinski definition) is 5. The van der Waals surface area contributed by atoms with Crippen LogP contribution in [0.4, 0.5) is 11.5 Å². The van der Waals surface area contributed by atoms with E-state index in [0.29, 0.717) is 11.5 Å². The highest BCUT2D eigenvalue weighted by molar-refractivity contribution is 5.90. The van der Waals surface area contributed by atoms with Crippen LogP contribution in [0.3, 0.4) is 0 Å².